The summed E-state index contributed by atoms with van der Waals surface area (Å²) in [7, 11) is 0. The van der Waals surface area contributed by atoms with E-state index in [1.165, 1.54) is 0 Å². The zero-order valence-electron chi connectivity index (χ0n) is 12.0. The van der Waals surface area contributed by atoms with Crippen molar-refractivity contribution >= 4 is 18.2 Å². The fraction of sp³-hybridized carbons (Fsp3) is 0.176. The van der Waals surface area contributed by atoms with Crippen LogP contribution in [0.3, 0.4) is 0 Å². The van der Waals surface area contributed by atoms with Crippen molar-refractivity contribution in [2.45, 2.75) is 12.5 Å². The first-order valence-electron chi connectivity index (χ1n) is 6.99. The van der Waals surface area contributed by atoms with E-state index in [0.717, 1.165) is 16.8 Å². The van der Waals surface area contributed by atoms with Gasteiger partial charge in [0.1, 0.15) is 0 Å². The number of nitrogens with zero attached hydrogens (tertiary/aromatic N) is 1. The van der Waals surface area contributed by atoms with Crippen molar-refractivity contribution in [2.75, 3.05) is 6.54 Å². The number of carboxylic acid groups (broad SMARTS) is 1. The first kappa shape index (κ1) is 15.7. The minimum Gasteiger partial charge on any atom is -0.465 e. The van der Waals surface area contributed by atoms with Crippen LogP contribution in [0.2, 0.25) is 0 Å². The maximum atomic E-state index is 10.4. The van der Waals surface area contributed by atoms with Crippen LogP contribution >= 0.6 is 0 Å². The highest BCUT2D eigenvalue weighted by Gasteiger charge is 2.08. The number of aliphatic hydroxyl groups is 1. The highest BCUT2D eigenvalue weighted by atomic mass is 16.4. The molecule has 1 atom stereocenters. The number of carbonyl (C=O) groups is 1. The summed E-state index contributed by atoms with van der Waals surface area (Å²) in [5.41, 5.74) is 2.57. The molecule has 0 saturated heterocycles. The van der Waals surface area contributed by atoms with Gasteiger partial charge in [-0.1, -0.05) is 30.3 Å². The zero-order chi connectivity index (χ0) is 15.8. The third-order valence-corrected chi connectivity index (χ3v) is 3.12. The molecule has 1 aromatic carbocycles. The summed E-state index contributed by atoms with van der Waals surface area (Å²) in [5, 5.41) is 20.8. The van der Waals surface area contributed by atoms with Gasteiger partial charge in [-0.25, -0.2) is 4.79 Å². The summed E-state index contributed by atoms with van der Waals surface area (Å²) in [6.45, 7) is 0.213. The fourth-order valence-corrected chi connectivity index (χ4v) is 2.01. The number of nitrogens with one attached hydrogen (secondary N) is 1. The molecule has 1 unspecified atom stereocenters. The molecule has 0 aliphatic rings. The Balaban J connectivity index is 2.00. The third kappa shape index (κ3) is 5.03. The van der Waals surface area contributed by atoms with E-state index in [1.54, 1.807) is 6.20 Å². The Morgan fingerprint density at radius 2 is 2.09 bits per heavy atom. The Bertz CT molecular complexity index is 641. The molecule has 1 aromatic heterocycles. The second-order valence-corrected chi connectivity index (χ2v) is 4.79. The minimum absolute atomic E-state index is 0.213. The van der Waals surface area contributed by atoms with E-state index < -0.39 is 12.2 Å². The van der Waals surface area contributed by atoms with Crippen LogP contribution in [0.5, 0.6) is 0 Å². The van der Waals surface area contributed by atoms with E-state index in [9.17, 15) is 9.90 Å². The quantitative estimate of drug-likeness (QED) is 0.765. The van der Waals surface area contributed by atoms with Crippen LogP contribution in [0.1, 0.15) is 29.3 Å². The number of amides is 1. The summed E-state index contributed by atoms with van der Waals surface area (Å²) in [5.74, 6) is 0. The van der Waals surface area contributed by atoms with E-state index in [1.807, 2.05) is 54.6 Å². The summed E-state index contributed by atoms with van der Waals surface area (Å²) in [6.07, 6.45) is 4.11. The number of hydrogen-bond acceptors (Lipinski definition) is 3. The third-order valence-electron chi connectivity index (χ3n) is 3.12. The Morgan fingerprint density at radius 3 is 2.82 bits per heavy atom. The highest BCUT2D eigenvalue weighted by molar-refractivity contribution is 5.68. The topological polar surface area (TPSA) is 82.5 Å². The van der Waals surface area contributed by atoms with Crippen LogP contribution in [0.15, 0.2) is 48.7 Å². The van der Waals surface area contributed by atoms with Gasteiger partial charge in [0.25, 0.3) is 0 Å². The predicted octanol–water partition coefficient (Wildman–Crippen LogP) is 2.94. The van der Waals surface area contributed by atoms with Gasteiger partial charge in [-0.3, -0.25) is 4.98 Å². The molecule has 0 fully saturated rings. The molecular formula is C17H18N2O3. The molecule has 114 valence electrons. The molecule has 3 N–H and O–H groups in total. The monoisotopic (exact) mass is 298 g/mol. The van der Waals surface area contributed by atoms with Crippen LogP contribution < -0.4 is 5.32 Å². The normalized spacial score (nSPS) is 12.2. The van der Waals surface area contributed by atoms with E-state index in [4.69, 9.17) is 5.11 Å². The Hall–Kier alpha value is -2.66. The molecule has 0 spiro atoms. The van der Waals surface area contributed by atoms with Crippen molar-refractivity contribution in [3.05, 3.63) is 65.5 Å². The maximum absolute atomic E-state index is 10.4. The summed E-state index contributed by atoms with van der Waals surface area (Å²) in [4.78, 5) is 14.6. The molecule has 0 radical (unpaired) electrons. The van der Waals surface area contributed by atoms with Crippen molar-refractivity contribution in [2.24, 2.45) is 0 Å². The number of benzene rings is 1. The molecule has 22 heavy (non-hydrogen) atoms. The largest absolute Gasteiger partial charge is 0.465 e. The average molecular weight is 298 g/mol. The molecule has 1 amide bonds. The molecular weight excluding hydrogens is 280 g/mol. The molecule has 5 nitrogen and oxygen atoms in total. The molecule has 1 heterocycles. The SMILES string of the molecule is O=C(O)NCCC(O)c1cccc(/C=C/c2ccccn2)c1. The van der Waals surface area contributed by atoms with E-state index in [0.29, 0.717) is 6.42 Å². The zero-order valence-corrected chi connectivity index (χ0v) is 12.0. The van der Waals surface area contributed by atoms with Gasteiger partial charge in [0.05, 0.1) is 11.8 Å². The van der Waals surface area contributed by atoms with Crippen LogP contribution in [-0.2, 0) is 0 Å². The van der Waals surface area contributed by atoms with Crippen LogP contribution in [0.4, 0.5) is 4.79 Å². The van der Waals surface area contributed by atoms with E-state index in [2.05, 4.69) is 10.3 Å². The first-order valence-corrected chi connectivity index (χ1v) is 6.99. The van der Waals surface area contributed by atoms with Crippen molar-refractivity contribution < 1.29 is 15.0 Å². The Morgan fingerprint density at radius 1 is 1.23 bits per heavy atom. The van der Waals surface area contributed by atoms with Crippen LogP contribution in [0, 0.1) is 0 Å². The standard InChI is InChI=1S/C17H18N2O3/c20-16(9-11-19-17(21)22)14-5-3-4-13(12-14)7-8-15-6-1-2-10-18-15/h1-8,10,12,16,19-20H,9,11H2,(H,21,22)/b8-7+. The lowest BCUT2D eigenvalue weighted by atomic mass is 10.0. The van der Waals surface area contributed by atoms with Crippen molar-refractivity contribution in [3.8, 4) is 0 Å². The lowest BCUT2D eigenvalue weighted by Crippen LogP contribution is -2.23. The number of aromatic nitrogens is 1. The van der Waals surface area contributed by atoms with Gasteiger partial charge in [-0.05, 0) is 41.8 Å². The predicted molar refractivity (Wildman–Crippen MR) is 85.2 cm³/mol. The summed E-state index contributed by atoms with van der Waals surface area (Å²) in [6, 6.07) is 13.2. The number of pyridine rings is 1. The van der Waals surface area contributed by atoms with E-state index >= 15 is 0 Å². The minimum atomic E-state index is -1.08. The second-order valence-electron chi connectivity index (χ2n) is 4.79. The fourth-order valence-electron chi connectivity index (χ4n) is 2.01. The number of hydrogen-bond donors (Lipinski definition) is 3. The molecule has 2 aromatic rings. The lowest BCUT2D eigenvalue weighted by Gasteiger charge is -2.11. The molecule has 0 saturated carbocycles. The highest BCUT2D eigenvalue weighted by Crippen LogP contribution is 2.18. The van der Waals surface area contributed by atoms with Gasteiger partial charge in [0, 0.05) is 12.7 Å². The molecule has 0 bridgehead atoms. The smallest absolute Gasteiger partial charge is 0.404 e. The molecule has 0 aliphatic carbocycles. The summed E-state index contributed by atoms with van der Waals surface area (Å²) >= 11 is 0. The van der Waals surface area contributed by atoms with Gasteiger partial charge >= 0.3 is 6.09 Å². The Kier molecular flexibility index (Phi) is 5.68. The maximum Gasteiger partial charge on any atom is 0.404 e. The average Bonchev–Trinajstić information content (AvgIpc) is 2.54. The van der Waals surface area contributed by atoms with Gasteiger partial charge in [-0.15, -0.1) is 0 Å². The first-order chi connectivity index (χ1) is 10.6. The Labute approximate surface area is 129 Å². The lowest BCUT2D eigenvalue weighted by molar-refractivity contribution is 0.162. The van der Waals surface area contributed by atoms with Gasteiger partial charge in [0.15, 0.2) is 0 Å². The second kappa shape index (κ2) is 7.95. The molecule has 2 rings (SSSR count). The number of aliphatic hydroxyl groups excluding tert-OH is 1. The van der Waals surface area contributed by atoms with Crippen LogP contribution in [-0.4, -0.2) is 27.8 Å². The van der Waals surface area contributed by atoms with Crippen molar-refractivity contribution in [3.63, 3.8) is 0 Å². The van der Waals surface area contributed by atoms with Crippen molar-refractivity contribution in [1.29, 1.82) is 0 Å². The molecule has 0 aliphatic heterocycles. The van der Waals surface area contributed by atoms with Gasteiger partial charge in [-0.2, -0.15) is 0 Å². The number of rotatable bonds is 6. The van der Waals surface area contributed by atoms with Crippen LogP contribution in [0.25, 0.3) is 12.2 Å². The van der Waals surface area contributed by atoms with E-state index in [-0.39, 0.29) is 6.54 Å². The molecule has 5 heteroatoms. The van der Waals surface area contributed by atoms with Gasteiger partial charge < -0.3 is 15.5 Å². The summed E-state index contributed by atoms with van der Waals surface area (Å²) < 4.78 is 0. The van der Waals surface area contributed by atoms with Gasteiger partial charge in [0.2, 0.25) is 0 Å². The van der Waals surface area contributed by atoms with Crippen molar-refractivity contribution in [1.82, 2.24) is 10.3 Å².